The summed E-state index contributed by atoms with van der Waals surface area (Å²) >= 11 is 0. The molecule has 382 valence electrons. The molecule has 3 saturated carbocycles. The molecule has 17 nitrogen and oxygen atoms in total. The summed E-state index contributed by atoms with van der Waals surface area (Å²) in [5.41, 5.74) is 2.45. The van der Waals surface area contributed by atoms with E-state index in [0.29, 0.717) is 68.0 Å². The second kappa shape index (κ2) is 18.5. The predicted octanol–water partition coefficient (Wildman–Crippen LogP) is 9.14. The molecular weight excluding hydrogens is 937 g/mol. The number of ether oxygens (including phenoxy) is 2. The van der Waals surface area contributed by atoms with E-state index in [-0.39, 0.29) is 59.0 Å². The number of hydrogen-bond acceptors (Lipinski definition) is 14. The van der Waals surface area contributed by atoms with Gasteiger partial charge in [0.1, 0.15) is 18.0 Å². The lowest BCUT2D eigenvalue weighted by Gasteiger charge is -2.56. The number of H-pyrrole nitrogens is 1. The van der Waals surface area contributed by atoms with Gasteiger partial charge < -0.3 is 40.2 Å². The molecule has 18 heteroatoms. The average molecular weight is 1000 g/mol. The van der Waals surface area contributed by atoms with E-state index in [1.54, 1.807) is 37.4 Å². The number of nitro groups is 1. The third-order valence-electron chi connectivity index (χ3n) is 16.8. The molecule has 72 heavy (non-hydrogen) atoms. The summed E-state index contributed by atoms with van der Waals surface area (Å²) < 4.78 is 43.2. The Morgan fingerprint density at radius 3 is 2.47 bits per heavy atom. The smallest absolute Gasteiger partial charge is 0.297 e. The van der Waals surface area contributed by atoms with Crippen LogP contribution in [0.1, 0.15) is 131 Å². The molecule has 1 amide bonds. The van der Waals surface area contributed by atoms with Gasteiger partial charge in [0, 0.05) is 67.2 Å². The fourth-order valence-electron chi connectivity index (χ4n) is 12.3. The van der Waals surface area contributed by atoms with Crippen molar-refractivity contribution in [1.29, 1.82) is 0 Å². The Bertz CT molecular complexity index is 3000. The maximum atomic E-state index is 14.4. The van der Waals surface area contributed by atoms with Gasteiger partial charge >= 0.3 is 0 Å². The number of amides is 1. The van der Waals surface area contributed by atoms with Gasteiger partial charge in [-0.15, -0.1) is 0 Å². The zero-order chi connectivity index (χ0) is 50.2. The lowest BCUT2D eigenvalue weighted by atomic mass is 9.59. The number of hydrogen-bond donors (Lipinski definition) is 6. The fourth-order valence-corrected chi connectivity index (χ4v) is 13.3. The van der Waals surface area contributed by atoms with E-state index in [1.807, 2.05) is 6.07 Å². The molecule has 0 radical (unpaired) electrons. The van der Waals surface area contributed by atoms with Gasteiger partial charge in [-0.25, -0.2) is 18.1 Å². The first-order chi connectivity index (χ1) is 34.4. The second-order valence-corrected chi connectivity index (χ2v) is 23.9. The molecule has 2 atom stereocenters. The van der Waals surface area contributed by atoms with Gasteiger partial charge in [-0.1, -0.05) is 38.1 Å². The summed E-state index contributed by atoms with van der Waals surface area (Å²) in [7, 11) is -4.72. The first-order valence-corrected chi connectivity index (χ1v) is 27.3. The largest absolute Gasteiger partial charge is 0.489 e. The van der Waals surface area contributed by atoms with Gasteiger partial charge in [0.2, 0.25) is 0 Å². The van der Waals surface area contributed by atoms with E-state index in [9.17, 15) is 33.5 Å². The van der Waals surface area contributed by atoms with Crippen LogP contribution in [0.2, 0.25) is 0 Å². The van der Waals surface area contributed by atoms with Crippen LogP contribution in [0.5, 0.6) is 17.2 Å². The minimum absolute atomic E-state index is 0.0126. The van der Waals surface area contributed by atoms with Crippen LogP contribution in [0, 0.1) is 21.4 Å². The molecule has 5 fully saturated rings. The number of aromatic nitrogens is 2. The van der Waals surface area contributed by atoms with E-state index >= 15 is 0 Å². The number of carbonyl (C=O) groups is 1. The number of benzene rings is 3. The highest BCUT2D eigenvalue weighted by Gasteiger charge is 2.50. The van der Waals surface area contributed by atoms with E-state index in [1.165, 1.54) is 42.9 Å². The molecule has 5 aromatic rings. The molecule has 6 aliphatic rings. The molecule has 3 aliphatic heterocycles. The van der Waals surface area contributed by atoms with Crippen LogP contribution in [0.15, 0.2) is 77.8 Å². The van der Waals surface area contributed by atoms with Gasteiger partial charge in [0.15, 0.2) is 23.0 Å². The number of aliphatic hydroxyl groups is 2. The summed E-state index contributed by atoms with van der Waals surface area (Å²) in [5.74, 6) is 0.225. The number of nitrogens with zero attached hydrogens (tertiary/aromatic N) is 4. The van der Waals surface area contributed by atoms with Crippen molar-refractivity contribution < 1.29 is 37.8 Å². The quantitative estimate of drug-likeness (QED) is 0.0451. The Kier molecular flexibility index (Phi) is 12.4. The molecule has 0 bridgehead atoms. The Hall–Kier alpha value is -5.95. The predicted molar refractivity (Wildman–Crippen MR) is 275 cm³/mol. The van der Waals surface area contributed by atoms with E-state index in [2.05, 4.69) is 68.3 Å². The van der Waals surface area contributed by atoms with Crippen LogP contribution in [0.25, 0.3) is 11.0 Å². The number of anilines is 3. The Labute approximate surface area is 420 Å². The maximum Gasteiger partial charge on any atom is 0.297 e. The number of carbonyl (C=O) groups excluding carboxylic acids is 1. The van der Waals surface area contributed by atoms with Gasteiger partial charge in [-0.3, -0.25) is 19.8 Å². The van der Waals surface area contributed by atoms with E-state index in [4.69, 9.17) is 14.5 Å². The lowest BCUT2D eigenvalue weighted by molar-refractivity contribution is -0.384. The molecule has 11 rings (SSSR count). The highest BCUT2D eigenvalue weighted by Crippen LogP contribution is 2.55. The van der Waals surface area contributed by atoms with Crippen LogP contribution < -0.4 is 29.7 Å². The molecule has 0 unspecified atom stereocenters. The van der Waals surface area contributed by atoms with E-state index in [0.717, 1.165) is 49.6 Å². The van der Waals surface area contributed by atoms with E-state index < -0.39 is 42.6 Å². The number of piperidine rings is 1. The van der Waals surface area contributed by atoms with Gasteiger partial charge in [-0.05, 0) is 143 Å². The van der Waals surface area contributed by atoms with Crippen LogP contribution in [-0.2, 0) is 10.0 Å². The first-order valence-electron chi connectivity index (χ1n) is 25.8. The minimum Gasteiger partial charge on any atom is -0.489 e. The molecule has 1 spiro atoms. The van der Waals surface area contributed by atoms with Crippen molar-refractivity contribution in [3.05, 3.63) is 99.7 Å². The monoisotopic (exact) mass is 1000 g/mol. The number of fused-ring (bicyclic) bond motifs is 2. The number of pyridine rings is 1. The van der Waals surface area contributed by atoms with Crippen molar-refractivity contribution in [3.8, 4) is 17.2 Å². The highest BCUT2D eigenvalue weighted by molar-refractivity contribution is 7.90. The van der Waals surface area contributed by atoms with Gasteiger partial charge in [-0.2, -0.15) is 0 Å². The fraction of sp³-hybridized carbons (Fsp3) is 0.519. The molecule has 3 aromatic carbocycles. The Morgan fingerprint density at radius 2 is 1.74 bits per heavy atom. The Balaban J connectivity index is 0.840. The van der Waals surface area contributed by atoms with Crippen molar-refractivity contribution in [2.75, 3.05) is 48.3 Å². The minimum atomic E-state index is -4.72. The average Bonchev–Trinajstić information content (AvgIpc) is 3.65. The van der Waals surface area contributed by atoms with Crippen LogP contribution in [0.4, 0.5) is 22.9 Å². The number of rotatable bonds is 14. The number of nitro benzene ring substituents is 1. The third kappa shape index (κ3) is 9.58. The Morgan fingerprint density at radius 1 is 0.972 bits per heavy atom. The van der Waals surface area contributed by atoms with Crippen LogP contribution in [0.3, 0.4) is 0 Å². The zero-order valence-electron chi connectivity index (χ0n) is 41.3. The summed E-state index contributed by atoms with van der Waals surface area (Å²) in [6.07, 6.45) is 12.4. The number of likely N-dealkylation sites (tertiary alicyclic amines) is 1. The lowest BCUT2D eigenvalue weighted by Crippen LogP contribution is -2.54. The van der Waals surface area contributed by atoms with Gasteiger partial charge in [0.05, 0.1) is 32.6 Å². The summed E-state index contributed by atoms with van der Waals surface area (Å²) in [6, 6.07) is 20.6. The zero-order valence-corrected chi connectivity index (χ0v) is 42.1. The normalized spacial score (nSPS) is 24.8. The van der Waals surface area contributed by atoms with Crippen molar-refractivity contribution in [2.45, 2.75) is 138 Å². The number of sulfonamides is 1. The summed E-state index contributed by atoms with van der Waals surface area (Å²) in [5, 5.41) is 40.9. The molecule has 6 N–H and O–H groups in total. The summed E-state index contributed by atoms with van der Waals surface area (Å²) in [6.45, 7) is 9.47. The second-order valence-electron chi connectivity index (χ2n) is 22.2. The third-order valence-corrected chi connectivity index (χ3v) is 18.1. The SMILES string of the molecule is CC(C)c1ccccc1[C@H]1CCCN1C1CC2(CCN(c3ccc(C(=O)NS(=O)(=O)c4cc5c(c([N+](=O)[O-])c4)N[C@@H]([C@H]4CC[C@](C)(O)CC4)CO5)c(Oc4cc5cc[nH]c5nc4NCC4(O)CC4)c3)CC2)C1. The van der Waals surface area contributed by atoms with Crippen LogP contribution >= 0.6 is 0 Å². The number of aromatic amines is 1. The van der Waals surface area contributed by atoms with Gasteiger partial charge in [0.25, 0.3) is 21.6 Å². The molecule has 2 saturated heterocycles. The topological polar surface area (TPSA) is 225 Å². The molecule has 5 heterocycles. The van der Waals surface area contributed by atoms with Crippen molar-refractivity contribution in [1.82, 2.24) is 19.6 Å². The summed E-state index contributed by atoms with van der Waals surface area (Å²) in [4.78, 5) is 38.7. The standard InChI is InChI=1S/C54H66N8O9S/c1-33(2)39-7-4-5-8-40(39)43-9-6-22-61(43)37-29-53(30-37)19-23-60(24-20-53)36-10-11-41(45(26-36)71-47-25-35-14-21-55-49(35)58-50(47)56-32-54(65)17-18-54)51(63)59-72(68,69)38-27-44(62(66)67)48-46(28-38)70-31-42(57-48)34-12-15-52(3,64)16-13-34/h4-5,7-8,10-11,14,21,25-28,33-34,37,42-43,57,64-65H,6,9,12-13,15-20,22-24,29-32H2,1-3H3,(H,59,63)(H2,55,56,58)/t34-,42-,43-,52-/m1/s1. The first kappa shape index (κ1) is 48.3. The molecular formula is C54H66N8O9S. The van der Waals surface area contributed by atoms with Crippen molar-refractivity contribution in [3.63, 3.8) is 0 Å². The van der Waals surface area contributed by atoms with Crippen molar-refractivity contribution >= 4 is 49.8 Å². The number of nitrogens with one attached hydrogen (secondary N) is 4. The molecule has 3 aliphatic carbocycles. The maximum absolute atomic E-state index is 14.4. The van der Waals surface area contributed by atoms with Crippen LogP contribution in [-0.4, -0.2) is 100 Å². The van der Waals surface area contributed by atoms with Crippen molar-refractivity contribution in [2.24, 2.45) is 11.3 Å². The molecule has 2 aromatic heterocycles. The highest BCUT2D eigenvalue weighted by atomic mass is 32.2.